The van der Waals surface area contributed by atoms with E-state index in [1.165, 1.54) is 0 Å². The molecule has 0 atom stereocenters. The minimum Gasteiger partial charge on any atom is -0.468 e. The molecule has 1 aliphatic rings. The van der Waals surface area contributed by atoms with Crippen LogP contribution in [0, 0.1) is 0 Å². The molecular formula is C10H15N3O2. The molecule has 1 aromatic heterocycles. The van der Waals surface area contributed by atoms with E-state index in [4.69, 9.17) is 4.42 Å². The minimum atomic E-state index is 0.0369. The SMILES string of the molecule is O=C1NCCN1CCNCc1ccco1. The third-order valence-corrected chi connectivity index (χ3v) is 2.38. The number of nitrogens with zero attached hydrogens (tertiary/aromatic N) is 1. The maximum atomic E-state index is 11.2. The predicted octanol–water partition coefficient (Wildman–Crippen LogP) is 0.394. The zero-order valence-corrected chi connectivity index (χ0v) is 8.53. The lowest BCUT2D eigenvalue weighted by Gasteiger charge is -2.13. The fourth-order valence-corrected chi connectivity index (χ4v) is 1.56. The summed E-state index contributed by atoms with van der Waals surface area (Å²) in [4.78, 5) is 13.0. The lowest BCUT2D eigenvalue weighted by molar-refractivity contribution is 0.217. The van der Waals surface area contributed by atoms with Crippen molar-refractivity contribution in [2.45, 2.75) is 6.54 Å². The molecule has 2 heterocycles. The van der Waals surface area contributed by atoms with Crippen molar-refractivity contribution in [1.82, 2.24) is 15.5 Å². The van der Waals surface area contributed by atoms with E-state index in [2.05, 4.69) is 10.6 Å². The van der Waals surface area contributed by atoms with Crippen LogP contribution in [0.1, 0.15) is 5.76 Å². The molecule has 1 saturated heterocycles. The molecule has 0 spiro atoms. The lowest BCUT2D eigenvalue weighted by atomic mass is 10.4. The quantitative estimate of drug-likeness (QED) is 0.690. The van der Waals surface area contributed by atoms with Gasteiger partial charge in [-0.2, -0.15) is 0 Å². The van der Waals surface area contributed by atoms with Gasteiger partial charge in [-0.05, 0) is 12.1 Å². The molecule has 1 aromatic rings. The van der Waals surface area contributed by atoms with Crippen LogP contribution in [0.4, 0.5) is 4.79 Å². The summed E-state index contributed by atoms with van der Waals surface area (Å²) in [5.41, 5.74) is 0. The largest absolute Gasteiger partial charge is 0.468 e. The van der Waals surface area contributed by atoms with E-state index < -0.39 is 0 Å². The van der Waals surface area contributed by atoms with Gasteiger partial charge in [0.2, 0.25) is 0 Å². The van der Waals surface area contributed by atoms with Crippen LogP contribution in [0.15, 0.2) is 22.8 Å². The van der Waals surface area contributed by atoms with Crippen molar-refractivity contribution in [3.63, 3.8) is 0 Å². The lowest BCUT2D eigenvalue weighted by Crippen LogP contribution is -2.34. The molecule has 0 aliphatic carbocycles. The summed E-state index contributed by atoms with van der Waals surface area (Å²) in [5.74, 6) is 0.917. The molecule has 5 nitrogen and oxygen atoms in total. The number of nitrogens with one attached hydrogen (secondary N) is 2. The number of hydrogen-bond donors (Lipinski definition) is 2. The number of urea groups is 1. The Hall–Kier alpha value is -1.49. The Morgan fingerprint density at radius 3 is 3.20 bits per heavy atom. The molecule has 15 heavy (non-hydrogen) atoms. The summed E-state index contributed by atoms with van der Waals surface area (Å²) in [6.45, 7) is 3.81. The summed E-state index contributed by atoms with van der Waals surface area (Å²) in [7, 11) is 0. The average Bonchev–Trinajstić information content (AvgIpc) is 2.85. The summed E-state index contributed by atoms with van der Waals surface area (Å²) in [6.07, 6.45) is 1.66. The Kier molecular flexibility index (Phi) is 3.24. The van der Waals surface area contributed by atoms with Gasteiger partial charge in [0.25, 0.3) is 0 Å². The van der Waals surface area contributed by atoms with Gasteiger partial charge in [-0.1, -0.05) is 0 Å². The molecule has 5 heteroatoms. The highest BCUT2D eigenvalue weighted by atomic mass is 16.3. The second-order valence-electron chi connectivity index (χ2n) is 3.48. The Balaban J connectivity index is 1.61. The Bertz CT molecular complexity index is 310. The number of amides is 2. The van der Waals surface area contributed by atoms with Gasteiger partial charge in [0.05, 0.1) is 12.8 Å². The molecule has 82 valence electrons. The first-order valence-electron chi connectivity index (χ1n) is 5.12. The van der Waals surface area contributed by atoms with E-state index in [-0.39, 0.29) is 6.03 Å². The zero-order valence-electron chi connectivity index (χ0n) is 8.53. The number of furan rings is 1. The van der Waals surface area contributed by atoms with Crippen molar-refractivity contribution in [1.29, 1.82) is 0 Å². The van der Waals surface area contributed by atoms with Crippen molar-refractivity contribution in [2.24, 2.45) is 0 Å². The van der Waals surface area contributed by atoms with Gasteiger partial charge in [0.15, 0.2) is 0 Å². The number of hydrogen-bond acceptors (Lipinski definition) is 3. The molecule has 2 amide bonds. The number of rotatable bonds is 5. The van der Waals surface area contributed by atoms with Crippen molar-refractivity contribution >= 4 is 6.03 Å². The monoisotopic (exact) mass is 209 g/mol. The van der Waals surface area contributed by atoms with Crippen LogP contribution < -0.4 is 10.6 Å². The van der Waals surface area contributed by atoms with Crippen LogP contribution in [-0.2, 0) is 6.54 Å². The molecule has 1 fully saturated rings. The van der Waals surface area contributed by atoms with Crippen LogP contribution in [0.3, 0.4) is 0 Å². The topological polar surface area (TPSA) is 57.5 Å². The summed E-state index contributed by atoms with van der Waals surface area (Å²) in [5, 5.41) is 5.98. The fraction of sp³-hybridized carbons (Fsp3) is 0.500. The van der Waals surface area contributed by atoms with Gasteiger partial charge < -0.3 is 20.0 Å². The highest BCUT2D eigenvalue weighted by Gasteiger charge is 2.17. The van der Waals surface area contributed by atoms with Gasteiger partial charge in [0, 0.05) is 26.2 Å². The fourth-order valence-electron chi connectivity index (χ4n) is 1.56. The number of carbonyl (C=O) groups is 1. The van der Waals surface area contributed by atoms with E-state index >= 15 is 0 Å². The summed E-state index contributed by atoms with van der Waals surface area (Å²) < 4.78 is 5.17. The van der Waals surface area contributed by atoms with E-state index in [0.29, 0.717) is 6.54 Å². The minimum absolute atomic E-state index is 0.0369. The van der Waals surface area contributed by atoms with Crippen LogP contribution in [0.25, 0.3) is 0 Å². The smallest absolute Gasteiger partial charge is 0.317 e. The first-order valence-corrected chi connectivity index (χ1v) is 5.12. The van der Waals surface area contributed by atoms with E-state index in [9.17, 15) is 4.79 Å². The van der Waals surface area contributed by atoms with Crippen LogP contribution in [-0.4, -0.2) is 37.1 Å². The van der Waals surface area contributed by atoms with Crippen LogP contribution in [0.5, 0.6) is 0 Å². The average molecular weight is 209 g/mol. The van der Waals surface area contributed by atoms with Gasteiger partial charge in [0.1, 0.15) is 5.76 Å². The predicted molar refractivity (Wildman–Crippen MR) is 55.4 cm³/mol. The summed E-state index contributed by atoms with van der Waals surface area (Å²) in [6, 6.07) is 3.83. The van der Waals surface area contributed by atoms with Gasteiger partial charge in [-0.3, -0.25) is 0 Å². The number of carbonyl (C=O) groups excluding carboxylic acids is 1. The van der Waals surface area contributed by atoms with Crippen LogP contribution in [0.2, 0.25) is 0 Å². The zero-order chi connectivity index (χ0) is 10.5. The first-order chi connectivity index (χ1) is 7.36. The third-order valence-electron chi connectivity index (χ3n) is 2.38. The maximum absolute atomic E-state index is 11.2. The van der Waals surface area contributed by atoms with Gasteiger partial charge >= 0.3 is 6.03 Å². The molecule has 0 saturated carbocycles. The van der Waals surface area contributed by atoms with Crippen LogP contribution >= 0.6 is 0 Å². The molecule has 1 aliphatic heterocycles. The highest BCUT2D eigenvalue weighted by Crippen LogP contribution is 1.99. The second kappa shape index (κ2) is 4.84. The molecule has 0 bridgehead atoms. The molecular weight excluding hydrogens is 194 g/mol. The Morgan fingerprint density at radius 1 is 1.60 bits per heavy atom. The molecule has 2 N–H and O–H groups in total. The van der Waals surface area contributed by atoms with E-state index in [1.54, 1.807) is 11.2 Å². The Labute approximate surface area is 88.4 Å². The van der Waals surface area contributed by atoms with Gasteiger partial charge in [-0.25, -0.2) is 4.79 Å². The van der Waals surface area contributed by atoms with Gasteiger partial charge in [-0.15, -0.1) is 0 Å². The standard InChI is InChI=1S/C10H15N3O2/c14-10-12-4-6-13(10)5-3-11-8-9-2-1-7-15-9/h1-2,7,11H,3-6,8H2,(H,12,14). The third kappa shape index (κ3) is 2.73. The molecule has 2 rings (SSSR count). The normalized spacial score (nSPS) is 15.7. The second-order valence-corrected chi connectivity index (χ2v) is 3.48. The van der Waals surface area contributed by atoms with Crippen molar-refractivity contribution in [3.8, 4) is 0 Å². The molecule has 0 unspecified atom stereocenters. The maximum Gasteiger partial charge on any atom is 0.317 e. The van der Waals surface area contributed by atoms with E-state index in [1.807, 2.05) is 12.1 Å². The first kappa shape index (κ1) is 10.0. The van der Waals surface area contributed by atoms with E-state index in [0.717, 1.165) is 31.9 Å². The Morgan fingerprint density at radius 2 is 2.53 bits per heavy atom. The highest BCUT2D eigenvalue weighted by molar-refractivity contribution is 5.76. The molecule has 0 aromatic carbocycles. The molecule has 0 radical (unpaired) electrons. The van der Waals surface area contributed by atoms with Crippen molar-refractivity contribution < 1.29 is 9.21 Å². The van der Waals surface area contributed by atoms with Crippen molar-refractivity contribution in [3.05, 3.63) is 24.2 Å². The van der Waals surface area contributed by atoms with Crippen molar-refractivity contribution in [2.75, 3.05) is 26.2 Å². The summed E-state index contributed by atoms with van der Waals surface area (Å²) >= 11 is 0.